The number of carbonyl (C=O) groups excluding carboxylic acids is 2. The number of ether oxygens (including phenoxy) is 3. The Kier molecular flexibility index (Phi) is 7.93. The summed E-state index contributed by atoms with van der Waals surface area (Å²) in [4.78, 5) is 24.1. The van der Waals surface area contributed by atoms with Crippen molar-refractivity contribution >= 4 is 24.1 Å². The van der Waals surface area contributed by atoms with E-state index in [1.165, 1.54) is 24.3 Å². The fourth-order valence-corrected chi connectivity index (χ4v) is 2.35. The lowest BCUT2D eigenvalue weighted by atomic mass is 10.1. The molecule has 0 spiro atoms. The Bertz CT molecular complexity index is 1070. The highest BCUT2D eigenvalue weighted by molar-refractivity contribution is 5.99. The van der Waals surface area contributed by atoms with Crippen LogP contribution in [0.4, 0.5) is 0 Å². The number of nitrogens with zero attached hydrogens (tertiary/aromatic N) is 2. The van der Waals surface area contributed by atoms with Crippen molar-refractivity contribution in [1.82, 2.24) is 0 Å². The second-order valence-electron chi connectivity index (χ2n) is 5.80. The van der Waals surface area contributed by atoms with Crippen molar-refractivity contribution in [3.05, 3.63) is 70.8 Å². The van der Waals surface area contributed by atoms with Crippen LogP contribution in [0, 0.1) is 22.7 Å². The van der Waals surface area contributed by atoms with Crippen molar-refractivity contribution in [2.24, 2.45) is 0 Å². The molecular formula is C23H18N2O5. The van der Waals surface area contributed by atoms with Crippen molar-refractivity contribution < 1.29 is 23.8 Å². The summed E-state index contributed by atoms with van der Waals surface area (Å²) in [6, 6.07) is 16.6. The van der Waals surface area contributed by atoms with Gasteiger partial charge in [0.25, 0.3) is 0 Å². The first-order valence-corrected chi connectivity index (χ1v) is 8.87. The molecule has 7 heteroatoms. The fourth-order valence-electron chi connectivity index (χ4n) is 2.35. The molecule has 2 rings (SSSR count). The van der Waals surface area contributed by atoms with E-state index in [-0.39, 0.29) is 23.5 Å². The van der Waals surface area contributed by atoms with Crippen LogP contribution in [0.1, 0.15) is 18.1 Å². The van der Waals surface area contributed by atoms with E-state index in [9.17, 15) is 14.9 Å². The van der Waals surface area contributed by atoms with Crippen molar-refractivity contribution in [3.8, 4) is 23.6 Å². The minimum atomic E-state index is -0.833. The van der Waals surface area contributed by atoms with Crippen LogP contribution in [0.3, 0.4) is 0 Å². The highest BCUT2D eigenvalue weighted by Gasteiger charge is 2.13. The molecule has 0 radical (unpaired) electrons. The standard InChI is InChI=1S/C23H18N2O5/c1-3-29-22(26)18(14-24)12-17-5-4-6-21(13-17)30-23(27)19(15-25)11-16-7-9-20(28-2)10-8-16/h4-13H,3H2,1-2H3/b18-12+,19-11+. The Balaban J connectivity index is 2.20. The second-order valence-corrected chi connectivity index (χ2v) is 5.80. The number of esters is 2. The summed E-state index contributed by atoms with van der Waals surface area (Å²) in [6.45, 7) is 1.78. The van der Waals surface area contributed by atoms with Crippen LogP contribution < -0.4 is 9.47 Å². The molecular weight excluding hydrogens is 384 g/mol. The lowest BCUT2D eigenvalue weighted by molar-refractivity contribution is -0.138. The Morgan fingerprint density at radius 3 is 2.13 bits per heavy atom. The van der Waals surface area contributed by atoms with Crippen LogP contribution in [0.2, 0.25) is 0 Å². The van der Waals surface area contributed by atoms with E-state index in [2.05, 4.69) is 0 Å². The summed E-state index contributed by atoms with van der Waals surface area (Å²) in [7, 11) is 1.54. The van der Waals surface area contributed by atoms with Gasteiger partial charge in [-0.25, -0.2) is 9.59 Å². The zero-order chi connectivity index (χ0) is 21.9. The summed E-state index contributed by atoms with van der Waals surface area (Å²) in [5.41, 5.74) is 0.722. The zero-order valence-corrected chi connectivity index (χ0v) is 16.4. The van der Waals surface area contributed by atoms with Crippen LogP contribution in [-0.2, 0) is 14.3 Å². The molecule has 0 aliphatic heterocycles. The van der Waals surface area contributed by atoms with Gasteiger partial charge in [-0.2, -0.15) is 10.5 Å². The summed E-state index contributed by atoms with van der Waals surface area (Å²) < 4.78 is 15.1. The average molecular weight is 402 g/mol. The van der Waals surface area contributed by atoms with Crippen molar-refractivity contribution in [3.63, 3.8) is 0 Å². The van der Waals surface area contributed by atoms with Crippen LogP contribution >= 0.6 is 0 Å². The molecule has 0 saturated heterocycles. The van der Waals surface area contributed by atoms with E-state index in [1.807, 2.05) is 6.07 Å². The third kappa shape index (κ3) is 6.08. The van der Waals surface area contributed by atoms with Crippen molar-refractivity contribution in [2.75, 3.05) is 13.7 Å². The van der Waals surface area contributed by atoms with E-state index in [0.717, 1.165) is 0 Å². The van der Waals surface area contributed by atoms with Gasteiger partial charge in [0.1, 0.15) is 34.8 Å². The first-order valence-electron chi connectivity index (χ1n) is 8.87. The van der Waals surface area contributed by atoms with E-state index in [4.69, 9.17) is 19.5 Å². The molecule has 7 nitrogen and oxygen atoms in total. The lowest BCUT2D eigenvalue weighted by Gasteiger charge is -2.05. The van der Waals surface area contributed by atoms with Gasteiger partial charge in [0.15, 0.2) is 0 Å². The lowest BCUT2D eigenvalue weighted by Crippen LogP contribution is -2.10. The molecule has 0 aliphatic carbocycles. The molecule has 0 unspecified atom stereocenters. The van der Waals surface area contributed by atoms with Gasteiger partial charge in [-0.05, 0) is 54.5 Å². The fraction of sp³-hybridized carbons (Fsp3) is 0.130. The molecule has 0 heterocycles. The maximum absolute atomic E-state index is 12.4. The van der Waals surface area contributed by atoms with E-state index in [0.29, 0.717) is 16.9 Å². The van der Waals surface area contributed by atoms with Crippen LogP contribution in [0.15, 0.2) is 59.7 Å². The molecule has 150 valence electrons. The molecule has 0 atom stereocenters. The second kappa shape index (κ2) is 10.8. The van der Waals surface area contributed by atoms with E-state index in [1.54, 1.807) is 56.5 Å². The summed E-state index contributed by atoms with van der Waals surface area (Å²) in [5.74, 6) is -0.764. The first kappa shape index (κ1) is 21.9. The van der Waals surface area contributed by atoms with Crippen LogP contribution in [0.25, 0.3) is 12.2 Å². The molecule has 0 fully saturated rings. The van der Waals surface area contributed by atoms with Gasteiger partial charge in [-0.3, -0.25) is 0 Å². The van der Waals surface area contributed by atoms with Gasteiger partial charge in [-0.15, -0.1) is 0 Å². The predicted molar refractivity (Wildman–Crippen MR) is 109 cm³/mol. The van der Waals surface area contributed by atoms with Crippen LogP contribution in [0.5, 0.6) is 11.5 Å². The third-order valence-corrected chi connectivity index (χ3v) is 3.76. The topological polar surface area (TPSA) is 109 Å². The van der Waals surface area contributed by atoms with E-state index >= 15 is 0 Å². The predicted octanol–water partition coefficient (Wildman–Crippen LogP) is 3.68. The number of hydrogen-bond donors (Lipinski definition) is 0. The first-order chi connectivity index (χ1) is 14.5. The van der Waals surface area contributed by atoms with Gasteiger partial charge in [0.2, 0.25) is 0 Å². The Labute approximate surface area is 174 Å². The Morgan fingerprint density at radius 1 is 0.900 bits per heavy atom. The molecule has 0 amide bonds. The maximum Gasteiger partial charge on any atom is 0.354 e. The molecule has 2 aromatic carbocycles. The SMILES string of the molecule is CCOC(=O)/C(C#N)=C/c1cccc(OC(=O)/C(C#N)=C/c2ccc(OC)cc2)c1. The van der Waals surface area contributed by atoms with Gasteiger partial charge < -0.3 is 14.2 Å². The summed E-state index contributed by atoms with van der Waals surface area (Å²) in [5, 5.41) is 18.4. The summed E-state index contributed by atoms with van der Waals surface area (Å²) in [6.07, 6.45) is 2.73. The minimum absolute atomic E-state index is 0.146. The number of hydrogen-bond acceptors (Lipinski definition) is 7. The smallest absolute Gasteiger partial charge is 0.354 e. The summed E-state index contributed by atoms with van der Waals surface area (Å²) >= 11 is 0. The molecule has 30 heavy (non-hydrogen) atoms. The van der Waals surface area contributed by atoms with Gasteiger partial charge in [0, 0.05) is 0 Å². The van der Waals surface area contributed by atoms with Gasteiger partial charge in [0.05, 0.1) is 13.7 Å². The molecule has 0 bridgehead atoms. The minimum Gasteiger partial charge on any atom is -0.497 e. The molecule has 0 N–H and O–H groups in total. The third-order valence-electron chi connectivity index (χ3n) is 3.76. The van der Waals surface area contributed by atoms with E-state index < -0.39 is 11.9 Å². The molecule has 0 aliphatic rings. The Morgan fingerprint density at radius 2 is 1.53 bits per heavy atom. The average Bonchev–Trinajstić information content (AvgIpc) is 2.76. The molecule has 0 aromatic heterocycles. The van der Waals surface area contributed by atoms with Crippen molar-refractivity contribution in [2.45, 2.75) is 6.92 Å². The number of nitriles is 2. The Hall–Kier alpha value is -4.36. The number of carbonyl (C=O) groups is 2. The highest BCUT2D eigenvalue weighted by atomic mass is 16.5. The van der Waals surface area contributed by atoms with Gasteiger partial charge in [-0.1, -0.05) is 24.3 Å². The number of rotatable bonds is 7. The van der Waals surface area contributed by atoms with Crippen LogP contribution in [-0.4, -0.2) is 25.7 Å². The number of benzene rings is 2. The quantitative estimate of drug-likeness (QED) is 0.301. The maximum atomic E-state index is 12.4. The number of methoxy groups -OCH3 is 1. The molecule has 2 aromatic rings. The normalized spacial score (nSPS) is 11.1. The van der Waals surface area contributed by atoms with Gasteiger partial charge >= 0.3 is 11.9 Å². The monoisotopic (exact) mass is 402 g/mol. The van der Waals surface area contributed by atoms with Crippen molar-refractivity contribution in [1.29, 1.82) is 10.5 Å². The largest absolute Gasteiger partial charge is 0.497 e. The molecule has 0 saturated carbocycles. The highest BCUT2D eigenvalue weighted by Crippen LogP contribution is 2.19. The zero-order valence-electron chi connectivity index (χ0n) is 16.4.